The molecule has 0 radical (unpaired) electrons. The lowest BCUT2D eigenvalue weighted by atomic mass is 9.77. The van der Waals surface area contributed by atoms with Gasteiger partial charge in [0.2, 0.25) is 0 Å². The molecule has 0 bridgehead atoms. The minimum absolute atomic E-state index is 0.0709. The highest BCUT2D eigenvalue weighted by Crippen LogP contribution is 2.40. The first-order chi connectivity index (χ1) is 17.0. The first kappa shape index (κ1) is 26.0. The lowest BCUT2D eigenvalue weighted by Gasteiger charge is -2.28. The zero-order chi connectivity index (χ0) is 24.8. The number of hydrogen-bond acceptors (Lipinski definition) is 0. The molecule has 190 valence electrons. The Hall–Kier alpha value is -2.03. The van der Waals surface area contributed by atoms with Crippen LogP contribution in [0, 0.1) is 29.3 Å². The smallest absolute Gasteiger partial charge is 0.166 e. The summed E-state index contributed by atoms with van der Waals surface area (Å²) in [5, 5.41) is 0. The van der Waals surface area contributed by atoms with E-state index in [1.54, 1.807) is 24.3 Å². The van der Waals surface area contributed by atoms with Crippen LogP contribution in [0.4, 0.5) is 13.2 Å². The third kappa shape index (κ3) is 6.40. The van der Waals surface area contributed by atoms with Crippen LogP contribution in [-0.2, 0) is 6.42 Å². The van der Waals surface area contributed by atoms with E-state index in [9.17, 15) is 13.2 Å². The van der Waals surface area contributed by atoms with E-state index in [4.69, 9.17) is 0 Å². The molecule has 4 rings (SSSR count). The lowest BCUT2D eigenvalue weighted by Crippen LogP contribution is -2.14. The van der Waals surface area contributed by atoms with Gasteiger partial charge in [-0.3, -0.25) is 0 Å². The summed E-state index contributed by atoms with van der Waals surface area (Å²) >= 11 is 0. The Morgan fingerprint density at radius 2 is 1.43 bits per heavy atom. The highest BCUT2D eigenvalue weighted by molar-refractivity contribution is 5.52. The normalized spacial score (nSPS) is 25.3. The van der Waals surface area contributed by atoms with Gasteiger partial charge in [-0.15, -0.1) is 0 Å². The Bertz CT molecular complexity index is 992. The van der Waals surface area contributed by atoms with E-state index in [0.717, 1.165) is 87.7 Å². The molecule has 35 heavy (non-hydrogen) atoms. The van der Waals surface area contributed by atoms with E-state index in [1.165, 1.54) is 6.42 Å². The summed E-state index contributed by atoms with van der Waals surface area (Å²) in [4.78, 5) is 0. The van der Waals surface area contributed by atoms with Crippen LogP contribution in [0.2, 0.25) is 0 Å². The summed E-state index contributed by atoms with van der Waals surface area (Å²) in [5.41, 5.74) is 2.81. The maximum Gasteiger partial charge on any atom is 0.166 e. The molecule has 0 saturated heterocycles. The predicted octanol–water partition coefficient (Wildman–Crippen LogP) is 10.1. The topological polar surface area (TPSA) is 0 Å². The quantitative estimate of drug-likeness (QED) is 0.351. The standard InChI is InChI=1S/C32H41F3/c1-3-5-6-24-12-19-28(30(33)21-24)25-15-9-23(10-16-25)11-17-27-18-20-29(32(35)31(27)34)26-13-7-22(4-2)8-14-26/h11-12,17-23,25-26H,3-10,13-16H2,1-2H3/b17-11+. The van der Waals surface area contributed by atoms with Gasteiger partial charge >= 0.3 is 0 Å². The Morgan fingerprint density at radius 1 is 0.771 bits per heavy atom. The molecule has 0 aromatic heterocycles. The van der Waals surface area contributed by atoms with Gasteiger partial charge in [-0.2, -0.15) is 0 Å². The molecule has 2 fully saturated rings. The van der Waals surface area contributed by atoms with Gasteiger partial charge in [-0.1, -0.05) is 63.1 Å². The molecule has 2 aliphatic rings. The van der Waals surface area contributed by atoms with E-state index >= 15 is 0 Å². The van der Waals surface area contributed by atoms with Crippen LogP contribution in [0.15, 0.2) is 36.4 Å². The molecular formula is C32H41F3. The van der Waals surface area contributed by atoms with Crippen molar-refractivity contribution in [3.05, 3.63) is 76.1 Å². The van der Waals surface area contributed by atoms with E-state index in [0.29, 0.717) is 17.0 Å². The van der Waals surface area contributed by atoms with E-state index in [1.807, 2.05) is 12.1 Å². The molecule has 0 unspecified atom stereocenters. The first-order valence-electron chi connectivity index (χ1n) is 13.9. The Kier molecular flexibility index (Phi) is 9.14. The molecule has 0 N–H and O–H groups in total. The molecule has 0 aliphatic heterocycles. The fourth-order valence-electron chi connectivity index (χ4n) is 6.21. The van der Waals surface area contributed by atoms with Crippen molar-refractivity contribution < 1.29 is 13.2 Å². The second-order valence-electron chi connectivity index (χ2n) is 10.9. The van der Waals surface area contributed by atoms with Crippen LogP contribution in [0.1, 0.15) is 119 Å². The molecule has 0 heterocycles. The SMILES string of the molecule is CCCCc1ccc(C2CCC(/C=C/c3ccc(C4CCC(CC)CC4)c(F)c3F)CC2)c(F)c1. The van der Waals surface area contributed by atoms with Crippen LogP contribution in [0.5, 0.6) is 0 Å². The summed E-state index contributed by atoms with van der Waals surface area (Å²) in [7, 11) is 0. The van der Waals surface area contributed by atoms with Gasteiger partial charge in [0.15, 0.2) is 11.6 Å². The average Bonchev–Trinajstić information content (AvgIpc) is 2.89. The summed E-state index contributed by atoms with van der Waals surface area (Å²) in [6.07, 6.45) is 16.0. The molecule has 0 amide bonds. The third-order valence-electron chi connectivity index (χ3n) is 8.65. The summed E-state index contributed by atoms with van der Waals surface area (Å²) < 4.78 is 44.5. The van der Waals surface area contributed by atoms with E-state index < -0.39 is 11.6 Å². The maximum absolute atomic E-state index is 14.9. The largest absolute Gasteiger partial charge is 0.207 e. The second-order valence-corrected chi connectivity index (χ2v) is 10.9. The minimum Gasteiger partial charge on any atom is -0.207 e. The number of aryl methyl sites for hydroxylation is 1. The van der Waals surface area contributed by atoms with Gasteiger partial charge in [0.05, 0.1) is 0 Å². The summed E-state index contributed by atoms with van der Waals surface area (Å²) in [6, 6.07) is 9.33. The molecule has 2 aromatic rings. The molecule has 2 aromatic carbocycles. The maximum atomic E-state index is 14.9. The van der Waals surface area contributed by atoms with Crippen molar-refractivity contribution in [2.24, 2.45) is 11.8 Å². The summed E-state index contributed by atoms with van der Waals surface area (Å²) in [6.45, 7) is 4.36. The molecule has 0 atom stereocenters. The first-order valence-corrected chi connectivity index (χ1v) is 13.9. The van der Waals surface area contributed by atoms with Crippen LogP contribution in [0.25, 0.3) is 6.08 Å². The van der Waals surface area contributed by atoms with Gasteiger partial charge < -0.3 is 0 Å². The lowest BCUT2D eigenvalue weighted by molar-refractivity contribution is 0.312. The molecule has 0 nitrogen and oxygen atoms in total. The molecular weight excluding hydrogens is 441 g/mol. The van der Waals surface area contributed by atoms with Crippen molar-refractivity contribution in [1.29, 1.82) is 0 Å². The number of halogens is 3. The van der Waals surface area contributed by atoms with Crippen molar-refractivity contribution in [3.63, 3.8) is 0 Å². The van der Waals surface area contributed by atoms with Crippen LogP contribution < -0.4 is 0 Å². The van der Waals surface area contributed by atoms with Gasteiger partial charge in [-0.25, -0.2) is 13.2 Å². The molecule has 3 heteroatoms. The predicted molar refractivity (Wildman–Crippen MR) is 140 cm³/mol. The second kappa shape index (κ2) is 12.3. The number of unbranched alkanes of at least 4 members (excludes halogenated alkanes) is 1. The van der Waals surface area contributed by atoms with Gasteiger partial charge in [-0.05, 0) is 111 Å². The van der Waals surface area contributed by atoms with Crippen LogP contribution in [0.3, 0.4) is 0 Å². The highest BCUT2D eigenvalue weighted by Gasteiger charge is 2.26. The van der Waals surface area contributed by atoms with Gasteiger partial charge in [0, 0.05) is 5.56 Å². The Morgan fingerprint density at radius 3 is 2.09 bits per heavy atom. The fourth-order valence-corrected chi connectivity index (χ4v) is 6.21. The molecule has 2 aliphatic carbocycles. The third-order valence-corrected chi connectivity index (χ3v) is 8.65. The van der Waals surface area contributed by atoms with Crippen molar-refractivity contribution >= 4 is 6.08 Å². The van der Waals surface area contributed by atoms with Gasteiger partial charge in [0.1, 0.15) is 5.82 Å². The van der Waals surface area contributed by atoms with Crippen molar-refractivity contribution in [2.75, 3.05) is 0 Å². The Labute approximate surface area is 210 Å². The average molecular weight is 483 g/mol. The monoisotopic (exact) mass is 482 g/mol. The molecule has 0 spiro atoms. The Balaban J connectivity index is 1.34. The number of allylic oxidation sites excluding steroid dienone is 1. The minimum atomic E-state index is -0.713. The highest BCUT2D eigenvalue weighted by atomic mass is 19.2. The fraction of sp³-hybridized carbons (Fsp3) is 0.562. The zero-order valence-corrected chi connectivity index (χ0v) is 21.5. The van der Waals surface area contributed by atoms with E-state index in [2.05, 4.69) is 19.9 Å². The van der Waals surface area contributed by atoms with Gasteiger partial charge in [0.25, 0.3) is 0 Å². The number of hydrogen-bond donors (Lipinski definition) is 0. The van der Waals surface area contributed by atoms with Crippen molar-refractivity contribution in [2.45, 2.75) is 103 Å². The molecule has 2 saturated carbocycles. The van der Waals surface area contributed by atoms with Crippen LogP contribution >= 0.6 is 0 Å². The van der Waals surface area contributed by atoms with Crippen LogP contribution in [-0.4, -0.2) is 0 Å². The number of benzene rings is 2. The van der Waals surface area contributed by atoms with E-state index in [-0.39, 0.29) is 17.7 Å². The zero-order valence-electron chi connectivity index (χ0n) is 21.5. The summed E-state index contributed by atoms with van der Waals surface area (Å²) in [5.74, 6) is 0.00270. The van der Waals surface area contributed by atoms with Crippen molar-refractivity contribution in [1.82, 2.24) is 0 Å². The van der Waals surface area contributed by atoms with Crippen molar-refractivity contribution in [3.8, 4) is 0 Å². The number of rotatable bonds is 8.